The predicted octanol–water partition coefficient (Wildman–Crippen LogP) is 1.87. The van der Waals surface area contributed by atoms with E-state index in [-0.39, 0.29) is 0 Å². The molecule has 15 heavy (non-hydrogen) atoms. The highest BCUT2D eigenvalue weighted by molar-refractivity contribution is 5.14. The molecule has 2 nitrogen and oxygen atoms in total. The van der Waals surface area contributed by atoms with Crippen LogP contribution in [0.2, 0.25) is 0 Å². The first-order chi connectivity index (χ1) is 7.38. The maximum absolute atomic E-state index is 3.54. The summed E-state index contributed by atoms with van der Waals surface area (Å²) in [6.45, 7) is 6.84. The van der Waals surface area contributed by atoms with Gasteiger partial charge in [-0.1, -0.05) is 37.3 Å². The first-order valence-electron chi connectivity index (χ1n) is 5.88. The Morgan fingerprint density at radius 3 is 2.87 bits per heavy atom. The molecule has 1 aliphatic rings. The zero-order chi connectivity index (χ0) is 10.5. The van der Waals surface area contributed by atoms with Crippen molar-refractivity contribution in [2.24, 2.45) is 0 Å². The minimum absolute atomic E-state index is 0.683. The average molecular weight is 204 g/mol. The third-order valence-electron chi connectivity index (χ3n) is 3.08. The van der Waals surface area contributed by atoms with Gasteiger partial charge in [0.25, 0.3) is 0 Å². The van der Waals surface area contributed by atoms with Crippen LogP contribution in [-0.4, -0.2) is 30.6 Å². The smallest absolute Gasteiger partial charge is 0.0234 e. The van der Waals surface area contributed by atoms with Crippen molar-refractivity contribution < 1.29 is 0 Å². The summed E-state index contributed by atoms with van der Waals surface area (Å²) in [5.41, 5.74) is 1.43. The molecular formula is C13H20N2. The van der Waals surface area contributed by atoms with E-state index in [1.54, 1.807) is 0 Å². The van der Waals surface area contributed by atoms with E-state index < -0.39 is 0 Å². The summed E-state index contributed by atoms with van der Waals surface area (Å²) in [5, 5.41) is 3.54. The molecule has 0 saturated carbocycles. The molecule has 1 fully saturated rings. The predicted molar refractivity (Wildman–Crippen MR) is 63.8 cm³/mol. The van der Waals surface area contributed by atoms with E-state index in [9.17, 15) is 0 Å². The van der Waals surface area contributed by atoms with Crippen LogP contribution in [0.1, 0.15) is 18.9 Å². The summed E-state index contributed by atoms with van der Waals surface area (Å²) in [6.07, 6.45) is 1.23. The third-order valence-corrected chi connectivity index (χ3v) is 3.08. The quantitative estimate of drug-likeness (QED) is 0.808. The first-order valence-corrected chi connectivity index (χ1v) is 5.88. The van der Waals surface area contributed by atoms with Crippen molar-refractivity contribution in [1.29, 1.82) is 0 Å². The maximum atomic E-state index is 3.54. The van der Waals surface area contributed by atoms with Gasteiger partial charge < -0.3 is 5.32 Å². The fraction of sp³-hybridized carbons (Fsp3) is 0.538. The van der Waals surface area contributed by atoms with Crippen molar-refractivity contribution in [1.82, 2.24) is 10.2 Å². The Morgan fingerprint density at radius 2 is 2.13 bits per heavy atom. The average Bonchev–Trinajstić information content (AvgIpc) is 2.31. The molecule has 2 rings (SSSR count). The summed E-state index contributed by atoms with van der Waals surface area (Å²) in [4.78, 5) is 2.54. The Morgan fingerprint density at radius 1 is 1.33 bits per heavy atom. The molecule has 0 spiro atoms. The molecule has 1 N–H and O–H groups in total. The van der Waals surface area contributed by atoms with Gasteiger partial charge in [0.1, 0.15) is 0 Å². The van der Waals surface area contributed by atoms with Crippen LogP contribution >= 0.6 is 0 Å². The molecule has 1 aromatic carbocycles. The number of piperazine rings is 1. The molecule has 0 aromatic heterocycles. The Bertz CT molecular complexity index is 284. The summed E-state index contributed by atoms with van der Waals surface area (Å²) >= 11 is 0. The number of benzene rings is 1. The van der Waals surface area contributed by atoms with E-state index in [1.165, 1.54) is 25.1 Å². The third kappa shape index (κ3) is 3.05. The highest BCUT2D eigenvalue weighted by Crippen LogP contribution is 2.08. The second kappa shape index (κ2) is 5.29. The lowest BCUT2D eigenvalue weighted by Crippen LogP contribution is -2.49. The van der Waals surface area contributed by atoms with Gasteiger partial charge in [0.15, 0.2) is 0 Å². The van der Waals surface area contributed by atoms with Gasteiger partial charge in [-0.3, -0.25) is 4.90 Å². The fourth-order valence-electron chi connectivity index (χ4n) is 2.15. The summed E-state index contributed by atoms with van der Waals surface area (Å²) in [7, 11) is 0. The Kier molecular flexibility index (Phi) is 3.75. The zero-order valence-electron chi connectivity index (χ0n) is 9.45. The van der Waals surface area contributed by atoms with E-state index in [0.29, 0.717) is 6.04 Å². The number of hydrogen-bond donors (Lipinski definition) is 1. The van der Waals surface area contributed by atoms with Gasteiger partial charge in [0.2, 0.25) is 0 Å². The lowest BCUT2D eigenvalue weighted by atomic mass is 10.1. The molecular weight excluding hydrogens is 184 g/mol. The van der Waals surface area contributed by atoms with Gasteiger partial charge in [-0.25, -0.2) is 0 Å². The second-order valence-corrected chi connectivity index (χ2v) is 4.28. The van der Waals surface area contributed by atoms with E-state index >= 15 is 0 Å². The lowest BCUT2D eigenvalue weighted by Gasteiger charge is -2.33. The molecule has 0 radical (unpaired) electrons. The SMILES string of the molecule is CCC1CN(Cc2ccccc2)CCN1. The van der Waals surface area contributed by atoms with Crippen molar-refractivity contribution >= 4 is 0 Å². The molecule has 1 unspecified atom stereocenters. The molecule has 1 saturated heterocycles. The summed E-state index contributed by atoms with van der Waals surface area (Å²) in [6, 6.07) is 11.4. The number of nitrogens with zero attached hydrogens (tertiary/aromatic N) is 1. The molecule has 0 amide bonds. The molecule has 82 valence electrons. The molecule has 1 heterocycles. The van der Waals surface area contributed by atoms with E-state index in [0.717, 1.165) is 13.1 Å². The lowest BCUT2D eigenvalue weighted by molar-refractivity contribution is 0.190. The van der Waals surface area contributed by atoms with Gasteiger partial charge in [0.05, 0.1) is 0 Å². The topological polar surface area (TPSA) is 15.3 Å². The molecule has 0 aliphatic carbocycles. The van der Waals surface area contributed by atoms with Crippen LogP contribution < -0.4 is 5.32 Å². The van der Waals surface area contributed by atoms with Crippen LogP contribution in [0.15, 0.2) is 30.3 Å². The van der Waals surface area contributed by atoms with Gasteiger partial charge >= 0.3 is 0 Å². The van der Waals surface area contributed by atoms with Crippen molar-refractivity contribution in [2.45, 2.75) is 25.9 Å². The highest BCUT2D eigenvalue weighted by Gasteiger charge is 2.17. The Labute approximate surface area is 92.3 Å². The molecule has 1 aliphatic heterocycles. The van der Waals surface area contributed by atoms with Gasteiger partial charge in [0, 0.05) is 32.2 Å². The van der Waals surface area contributed by atoms with Crippen LogP contribution in [0.4, 0.5) is 0 Å². The van der Waals surface area contributed by atoms with Gasteiger partial charge in [-0.2, -0.15) is 0 Å². The zero-order valence-corrected chi connectivity index (χ0v) is 9.45. The number of nitrogens with one attached hydrogen (secondary N) is 1. The molecule has 1 aromatic rings. The van der Waals surface area contributed by atoms with E-state index in [2.05, 4.69) is 47.5 Å². The van der Waals surface area contributed by atoms with Crippen molar-refractivity contribution in [3.05, 3.63) is 35.9 Å². The van der Waals surface area contributed by atoms with Gasteiger partial charge in [-0.15, -0.1) is 0 Å². The van der Waals surface area contributed by atoms with Crippen molar-refractivity contribution in [2.75, 3.05) is 19.6 Å². The van der Waals surface area contributed by atoms with Crippen LogP contribution in [-0.2, 0) is 6.54 Å². The summed E-state index contributed by atoms with van der Waals surface area (Å²) in [5.74, 6) is 0. The van der Waals surface area contributed by atoms with Crippen molar-refractivity contribution in [3.63, 3.8) is 0 Å². The minimum Gasteiger partial charge on any atom is -0.311 e. The molecule has 1 atom stereocenters. The molecule has 2 heteroatoms. The fourth-order valence-corrected chi connectivity index (χ4v) is 2.15. The monoisotopic (exact) mass is 204 g/mol. The number of hydrogen-bond acceptors (Lipinski definition) is 2. The van der Waals surface area contributed by atoms with Gasteiger partial charge in [-0.05, 0) is 12.0 Å². The Hall–Kier alpha value is -0.860. The first kappa shape index (κ1) is 10.7. The standard InChI is InChI=1S/C13H20N2/c1-2-13-11-15(9-8-14-13)10-12-6-4-3-5-7-12/h3-7,13-14H,2,8-11H2,1H3. The Balaban J connectivity index is 1.89. The van der Waals surface area contributed by atoms with Crippen LogP contribution in [0.3, 0.4) is 0 Å². The summed E-state index contributed by atoms with van der Waals surface area (Å²) < 4.78 is 0. The highest BCUT2D eigenvalue weighted by atomic mass is 15.2. The minimum atomic E-state index is 0.683. The van der Waals surface area contributed by atoms with Crippen LogP contribution in [0.5, 0.6) is 0 Å². The van der Waals surface area contributed by atoms with Crippen LogP contribution in [0, 0.1) is 0 Å². The maximum Gasteiger partial charge on any atom is 0.0234 e. The van der Waals surface area contributed by atoms with E-state index in [1.807, 2.05) is 0 Å². The normalized spacial score (nSPS) is 22.9. The largest absolute Gasteiger partial charge is 0.311 e. The molecule has 0 bridgehead atoms. The second-order valence-electron chi connectivity index (χ2n) is 4.28. The van der Waals surface area contributed by atoms with Crippen molar-refractivity contribution in [3.8, 4) is 0 Å². The number of rotatable bonds is 3. The van der Waals surface area contributed by atoms with E-state index in [4.69, 9.17) is 0 Å². The van der Waals surface area contributed by atoms with Crippen LogP contribution in [0.25, 0.3) is 0 Å².